The SMILES string of the molecule is CCCC(O)CN(CCC)CC(F)(F)F. The highest BCUT2D eigenvalue weighted by Crippen LogP contribution is 2.17. The summed E-state index contributed by atoms with van der Waals surface area (Å²) < 4.78 is 36.4. The molecule has 1 atom stereocenters. The van der Waals surface area contributed by atoms with Gasteiger partial charge in [-0.05, 0) is 19.4 Å². The quantitative estimate of drug-likeness (QED) is 0.722. The predicted octanol–water partition coefficient (Wildman–Crippen LogP) is 2.42. The van der Waals surface area contributed by atoms with Crippen LogP contribution in [-0.4, -0.2) is 41.9 Å². The molecular formula is C10H20F3NO. The van der Waals surface area contributed by atoms with E-state index in [1.54, 1.807) is 0 Å². The van der Waals surface area contributed by atoms with Crippen molar-refractivity contribution in [1.29, 1.82) is 0 Å². The molecule has 0 bridgehead atoms. The zero-order valence-corrected chi connectivity index (χ0v) is 9.35. The molecule has 0 aromatic heterocycles. The molecule has 15 heavy (non-hydrogen) atoms. The fourth-order valence-electron chi connectivity index (χ4n) is 1.53. The van der Waals surface area contributed by atoms with E-state index in [0.29, 0.717) is 19.4 Å². The van der Waals surface area contributed by atoms with Crippen LogP contribution in [0.15, 0.2) is 0 Å². The Balaban J connectivity index is 4.03. The molecule has 0 radical (unpaired) electrons. The standard InChI is InChI=1S/C10H20F3NO/c1-3-5-9(15)7-14(6-4-2)8-10(11,12)13/h9,15H,3-8H2,1-2H3. The molecule has 0 saturated heterocycles. The van der Waals surface area contributed by atoms with Crippen molar-refractivity contribution in [3.05, 3.63) is 0 Å². The summed E-state index contributed by atoms with van der Waals surface area (Å²) in [6.07, 6.45) is -2.83. The van der Waals surface area contributed by atoms with Crippen molar-refractivity contribution in [2.45, 2.75) is 45.4 Å². The van der Waals surface area contributed by atoms with Crippen molar-refractivity contribution in [3.63, 3.8) is 0 Å². The highest BCUT2D eigenvalue weighted by molar-refractivity contribution is 4.67. The summed E-state index contributed by atoms with van der Waals surface area (Å²) in [7, 11) is 0. The lowest BCUT2D eigenvalue weighted by Crippen LogP contribution is -2.39. The van der Waals surface area contributed by atoms with Crippen LogP contribution in [0.4, 0.5) is 13.2 Å². The third-order valence-corrected chi connectivity index (χ3v) is 2.03. The first-order valence-electron chi connectivity index (χ1n) is 5.36. The second-order valence-electron chi connectivity index (χ2n) is 3.79. The Kier molecular flexibility index (Phi) is 6.92. The van der Waals surface area contributed by atoms with Gasteiger partial charge in [-0.15, -0.1) is 0 Å². The second-order valence-corrected chi connectivity index (χ2v) is 3.79. The number of nitrogens with zero attached hydrogens (tertiary/aromatic N) is 1. The van der Waals surface area contributed by atoms with Crippen molar-refractivity contribution >= 4 is 0 Å². The summed E-state index contributed by atoms with van der Waals surface area (Å²) in [6, 6.07) is 0. The molecule has 1 unspecified atom stereocenters. The van der Waals surface area contributed by atoms with Crippen molar-refractivity contribution in [2.75, 3.05) is 19.6 Å². The molecule has 0 aliphatic carbocycles. The minimum Gasteiger partial charge on any atom is -0.392 e. The second kappa shape index (κ2) is 7.06. The first-order valence-corrected chi connectivity index (χ1v) is 5.36. The molecule has 0 rings (SSSR count). The minimum atomic E-state index is -4.18. The monoisotopic (exact) mass is 227 g/mol. The zero-order chi connectivity index (χ0) is 11.9. The highest BCUT2D eigenvalue weighted by atomic mass is 19.4. The molecule has 0 spiro atoms. The summed E-state index contributed by atoms with van der Waals surface area (Å²) in [5, 5.41) is 9.43. The maximum atomic E-state index is 12.1. The number of aliphatic hydroxyl groups excluding tert-OH is 1. The molecule has 5 heteroatoms. The number of hydrogen-bond acceptors (Lipinski definition) is 2. The average Bonchev–Trinajstić information content (AvgIpc) is 2.01. The molecule has 0 aliphatic rings. The Hall–Kier alpha value is -0.290. The number of rotatable bonds is 7. The molecular weight excluding hydrogens is 207 g/mol. The van der Waals surface area contributed by atoms with Crippen LogP contribution in [0.1, 0.15) is 33.1 Å². The summed E-state index contributed by atoms with van der Waals surface area (Å²) >= 11 is 0. The minimum absolute atomic E-state index is 0.112. The topological polar surface area (TPSA) is 23.5 Å². The van der Waals surface area contributed by atoms with Crippen LogP contribution in [0.2, 0.25) is 0 Å². The van der Waals surface area contributed by atoms with Crippen molar-refractivity contribution in [3.8, 4) is 0 Å². The summed E-state index contributed by atoms with van der Waals surface area (Å²) in [4.78, 5) is 1.26. The lowest BCUT2D eigenvalue weighted by atomic mass is 10.2. The maximum absolute atomic E-state index is 12.1. The van der Waals surface area contributed by atoms with Crippen LogP contribution in [0.5, 0.6) is 0 Å². The predicted molar refractivity (Wildman–Crippen MR) is 53.7 cm³/mol. The van der Waals surface area contributed by atoms with E-state index in [-0.39, 0.29) is 6.54 Å². The molecule has 0 aliphatic heterocycles. The number of alkyl halides is 3. The van der Waals surface area contributed by atoms with Gasteiger partial charge >= 0.3 is 6.18 Å². The van der Waals surface area contributed by atoms with Gasteiger partial charge in [-0.1, -0.05) is 20.3 Å². The van der Waals surface area contributed by atoms with Crippen molar-refractivity contribution in [2.24, 2.45) is 0 Å². The summed E-state index contributed by atoms with van der Waals surface area (Å²) in [5.74, 6) is 0. The van der Waals surface area contributed by atoms with E-state index in [1.165, 1.54) is 4.90 Å². The molecule has 0 saturated carbocycles. The molecule has 92 valence electrons. The summed E-state index contributed by atoms with van der Waals surface area (Å²) in [5.41, 5.74) is 0. The molecule has 1 N–H and O–H groups in total. The number of aliphatic hydroxyl groups is 1. The van der Waals surface area contributed by atoms with Gasteiger partial charge in [-0.2, -0.15) is 13.2 Å². The van der Waals surface area contributed by atoms with E-state index < -0.39 is 18.8 Å². The number of halogens is 3. The Labute approximate surface area is 89.1 Å². The third kappa shape index (κ3) is 8.69. The zero-order valence-electron chi connectivity index (χ0n) is 9.35. The van der Waals surface area contributed by atoms with Crippen molar-refractivity contribution < 1.29 is 18.3 Å². The van der Waals surface area contributed by atoms with Crippen LogP contribution in [0.25, 0.3) is 0 Å². The number of hydrogen-bond donors (Lipinski definition) is 1. The first-order chi connectivity index (χ1) is 6.89. The Morgan fingerprint density at radius 2 is 1.80 bits per heavy atom. The van der Waals surface area contributed by atoms with E-state index in [0.717, 1.165) is 6.42 Å². The molecule has 0 aromatic rings. The average molecular weight is 227 g/mol. The van der Waals surface area contributed by atoms with Crippen LogP contribution < -0.4 is 0 Å². The Bertz CT molecular complexity index is 161. The largest absolute Gasteiger partial charge is 0.401 e. The van der Waals surface area contributed by atoms with Crippen LogP contribution >= 0.6 is 0 Å². The van der Waals surface area contributed by atoms with Gasteiger partial charge in [-0.3, -0.25) is 4.90 Å². The van der Waals surface area contributed by atoms with Crippen molar-refractivity contribution in [1.82, 2.24) is 4.90 Å². The van der Waals surface area contributed by atoms with Gasteiger partial charge in [-0.25, -0.2) is 0 Å². The van der Waals surface area contributed by atoms with Gasteiger partial charge in [0, 0.05) is 6.54 Å². The molecule has 0 aromatic carbocycles. The first kappa shape index (κ1) is 14.7. The van der Waals surface area contributed by atoms with Gasteiger partial charge in [0.05, 0.1) is 12.6 Å². The van der Waals surface area contributed by atoms with E-state index >= 15 is 0 Å². The van der Waals surface area contributed by atoms with E-state index in [2.05, 4.69) is 0 Å². The van der Waals surface area contributed by atoms with E-state index in [1.807, 2.05) is 13.8 Å². The van der Waals surface area contributed by atoms with Gasteiger partial charge in [0.25, 0.3) is 0 Å². The van der Waals surface area contributed by atoms with Gasteiger partial charge in [0.15, 0.2) is 0 Å². The van der Waals surface area contributed by atoms with E-state index in [9.17, 15) is 18.3 Å². The fraction of sp³-hybridized carbons (Fsp3) is 1.00. The van der Waals surface area contributed by atoms with Crippen LogP contribution in [0.3, 0.4) is 0 Å². The van der Waals surface area contributed by atoms with E-state index in [4.69, 9.17) is 0 Å². The Morgan fingerprint density at radius 3 is 2.20 bits per heavy atom. The third-order valence-electron chi connectivity index (χ3n) is 2.03. The smallest absolute Gasteiger partial charge is 0.392 e. The highest BCUT2D eigenvalue weighted by Gasteiger charge is 2.30. The van der Waals surface area contributed by atoms with Crippen LogP contribution in [-0.2, 0) is 0 Å². The molecule has 0 amide bonds. The van der Waals surface area contributed by atoms with Gasteiger partial charge < -0.3 is 5.11 Å². The lowest BCUT2D eigenvalue weighted by Gasteiger charge is -2.25. The lowest BCUT2D eigenvalue weighted by molar-refractivity contribution is -0.148. The summed E-state index contributed by atoms with van der Waals surface area (Å²) in [6.45, 7) is 3.29. The maximum Gasteiger partial charge on any atom is 0.401 e. The molecule has 2 nitrogen and oxygen atoms in total. The van der Waals surface area contributed by atoms with Gasteiger partial charge in [0.2, 0.25) is 0 Å². The fourth-order valence-corrected chi connectivity index (χ4v) is 1.53. The molecule has 0 heterocycles. The molecule has 0 fully saturated rings. The van der Waals surface area contributed by atoms with Crippen LogP contribution in [0, 0.1) is 0 Å². The normalized spacial score (nSPS) is 14.6. The Morgan fingerprint density at radius 1 is 1.20 bits per heavy atom. The van der Waals surface area contributed by atoms with Gasteiger partial charge in [0.1, 0.15) is 0 Å².